The Morgan fingerprint density at radius 1 is 1.26 bits per heavy atom. The van der Waals surface area contributed by atoms with Crippen LogP contribution in [0.5, 0.6) is 0 Å². The number of amides is 1. The molecule has 0 radical (unpaired) electrons. The molecule has 0 bridgehead atoms. The molecular weight excluding hydrogens is 242 g/mol. The molecule has 2 unspecified atom stereocenters. The van der Waals surface area contributed by atoms with E-state index in [1.165, 1.54) is 0 Å². The largest absolute Gasteiger partial charge is 0.346 e. The van der Waals surface area contributed by atoms with Crippen LogP contribution in [0.1, 0.15) is 25.3 Å². The summed E-state index contributed by atoms with van der Waals surface area (Å²) in [5, 5.41) is 2.66. The van der Waals surface area contributed by atoms with E-state index >= 15 is 0 Å². The van der Waals surface area contributed by atoms with Crippen LogP contribution in [-0.4, -0.2) is 24.5 Å². The van der Waals surface area contributed by atoms with Gasteiger partial charge in [-0.25, -0.2) is 0 Å². The molecular formula is C15H19NO3. The standard InChI is InChI=1S/C15H19NO3/c1-12(10-13-6-3-2-4-7-13)15(19)16-14(11-18)8-5-9-17/h2-4,6-7,9,11-12,14H,5,8,10H2,1H3,(H,16,19). The monoisotopic (exact) mass is 261 g/mol. The van der Waals surface area contributed by atoms with E-state index < -0.39 is 6.04 Å². The molecule has 0 heterocycles. The Morgan fingerprint density at radius 3 is 2.53 bits per heavy atom. The van der Waals surface area contributed by atoms with Gasteiger partial charge in [0, 0.05) is 12.3 Å². The molecule has 1 N–H and O–H groups in total. The van der Waals surface area contributed by atoms with E-state index in [1.807, 2.05) is 37.3 Å². The fourth-order valence-electron chi connectivity index (χ4n) is 1.81. The van der Waals surface area contributed by atoms with Crippen molar-refractivity contribution in [2.75, 3.05) is 0 Å². The maximum atomic E-state index is 11.9. The third-order valence-corrected chi connectivity index (χ3v) is 2.92. The minimum atomic E-state index is -0.573. The van der Waals surface area contributed by atoms with Crippen LogP contribution in [0.15, 0.2) is 30.3 Å². The Labute approximate surface area is 113 Å². The third-order valence-electron chi connectivity index (χ3n) is 2.92. The van der Waals surface area contributed by atoms with Crippen molar-refractivity contribution in [3.63, 3.8) is 0 Å². The second kappa shape index (κ2) is 8.19. The van der Waals surface area contributed by atoms with Gasteiger partial charge >= 0.3 is 0 Å². The summed E-state index contributed by atoms with van der Waals surface area (Å²) in [4.78, 5) is 33.0. The molecule has 0 fully saturated rings. The number of rotatable bonds is 8. The van der Waals surface area contributed by atoms with Crippen LogP contribution < -0.4 is 5.32 Å². The zero-order valence-corrected chi connectivity index (χ0v) is 11.0. The van der Waals surface area contributed by atoms with Crippen LogP contribution in [0, 0.1) is 5.92 Å². The number of nitrogens with one attached hydrogen (secondary N) is 1. The summed E-state index contributed by atoms with van der Waals surface area (Å²) in [5.41, 5.74) is 1.08. The van der Waals surface area contributed by atoms with Crippen molar-refractivity contribution < 1.29 is 14.4 Å². The Balaban J connectivity index is 2.47. The molecule has 1 aromatic carbocycles. The first-order valence-electron chi connectivity index (χ1n) is 6.40. The second-order valence-corrected chi connectivity index (χ2v) is 4.59. The first-order chi connectivity index (χ1) is 9.17. The zero-order valence-electron chi connectivity index (χ0n) is 11.0. The fourth-order valence-corrected chi connectivity index (χ4v) is 1.81. The van der Waals surface area contributed by atoms with Crippen LogP contribution >= 0.6 is 0 Å². The van der Waals surface area contributed by atoms with Crippen LogP contribution in [0.2, 0.25) is 0 Å². The van der Waals surface area contributed by atoms with Gasteiger partial charge in [-0.15, -0.1) is 0 Å². The lowest BCUT2D eigenvalue weighted by Gasteiger charge is -2.16. The van der Waals surface area contributed by atoms with Crippen LogP contribution in [0.3, 0.4) is 0 Å². The summed E-state index contributed by atoms with van der Waals surface area (Å²) >= 11 is 0. The highest BCUT2D eigenvalue weighted by atomic mass is 16.2. The van der Waals surface area contributed by atoms with Crippen molar-refractivity contribution in [1.29, 1.82) is 0 Å². The van der Waals surface area contributed by atoms with E-state index in [1.54, 1.807) is 0 Å². The van der Waals surface area contributed by atoms with E-state index in [0.29, 0.717) is 19.1 Å². The number of benzene rings is 1. The quantitative estimate of drug-likeness (QED) is 0.722. The Kier molecular flexibility index (Phi) is 6.50. The van der Waals surface area contributed by atoms with Crippen molar-refractivity contribution >= 4 is 18.5 Å². The highest BCUT2D eigenvalue weighted by molar-refractivity contribution is 5.81. The van der Waals surface area contributed by atoms with Gasteiger partial charge in [0.2, 0.25) is 5.91 Å². The fraction of sp³-hybridized carbons (Fsp3) is 0.400. The van der Waals surface area contributed by atoms with E-state index in [2.05, 4.69) is 5.32 Å². The van der Waals surface area contributed by atoms with Crippen molar-refractivity contribution in [3.05, 3.63) is 35.9 Å². The minimum absolute atomic E-state index is 0.160. The number of carbonyl (C=O) groups excluding carboxylic acids is 3. The van der Waals surface area contributed by atoms with Crippen molar-refractivity contribution in [3.8, 4) is 0 Å². The van der Waals surface area contributed by atoms with Gasteiger partial charge in [0.15, 0.2) is 0 Å². The lowest BCUT2D eigenvalue weighted by atomic mass is 10.00. The van der Waals surface area contributed by atoms with Gasteiger partial charge in [-0.05, 0) is 18.4 Å². The van der Waals surface area contributed by atoms with Gasteiger partial charge in [0.25, 0.3) is 0 Å². The molecule has 4 nitrogen and oxygen atoms in total. The average Bonchev–Trinajstić information content (AvgIpc) is 2.44. The molecule has 0 saturated heterocycles. The summed E-state index contributed by atoms with van der Waals surface area (Å²) in [6.45, 7) is 1.82. The normalized spacial score (nSPS) is 13.3. The van der Waals surface area contributed by atoms with E-state index in [9.17, 15) is 14.4 Å². The van der Waals surface area contributed by atoms with Crippen molar-refractivity contribution in [2.45, 2.75) is 32.2 Å². The molecule has 1 amide bonds. The van der Waals surface area contributed by atoms with E-state index in [-0.39, 0.29) is 18.2 Å². The lowest BCUT2D eigenvalue weighted by molar-refractivity contribution is -0.127. The van der Waals surface area contributed by atoms with Gasteiger partial charge in [0.05, 0.1) is 6.04 Å². The molecule has 102 valence electrons. The lowest BCUT2D eigenvalue weighted by Crippen LogP contribution is -2.39. The third kappa shape index (κ3) is 5.46. The predicted octanol–water partition coefficient (Wildman–Crippen LogP) is 1.53. The number of hydrogen-bond donors (Lipinski definition) is 1. The minimum Gasteiger partial charge on any atom is -0.346 e. The molecule has 0 spiro atoms. The first kappa shape index (κ1) is 15.1. The number of aldehydes is 2. The van der Waals surface area contributed by atoms with Gasteiger partial charge in [-0.2, -0.15) is 0 Å². The van der Waals surface area contributed by atoms with Gasteiger partial charge in [0.1, 0.15) is 12.6 Å². The summed E-state index contributed by atoms with van der Waals surface area (Å²) in [5.74, 6) is -0.368. The predicted molar refractivity (Wildman–Crippen MR) is 72.6 cm³/mol. The highest BCUT2D eigenvalue weighted by Crippen LogP contribution is 2.08. The first-order valence-corrected chi connectivity index (χ1v) is 6.40. The molecule has 4 heteroatoms. The maximum absolute atomic E-state index is 11.9. The Bertz CT molecular complexity index is 417. The van der Waals surface area contributed by atoms with Crippen LogP contribution in [-0.2, 0) is 20.8 Å². The molecule has 0 aliphatic rings. The number of carbonyl (C=O) groups is 3. The second-order valence-electron chi connectivity index (χ2n) is 4.59. The Hall–Kier alpha value is -1.97. The van der Waals surface area contributed by atoms with Crippen LogP contribution in [0.4, 0.5) is 0 Å². The molecule has 0 aliphatic carbocycles. The molecule has 0 aromatic heterocycles. The zero-order chi connectivity index (χ0) is 14.1. The van der Waals surface area contributed by atoms with E-state index in [4.69, 9.17) is 0 Å². The molecule has 0 saturated carbocycles. The molecule has 0 aliphatic heterocycles. The van der Waals surface area contributed by atoms with Gasteiger partial charge < -0.3 is 14.9 Å². The molecule has 1 rings (SSSR count). The maximum Gasteiger partial charge on any atom is 0.223 e. The van der Waals surface area contributed by atoms with E-state index in [0.717, 1.165) is 11.8 Å². The van der Waals surface area contributed by atoms with Gasteiger partial charge in [-0.3, -0.25) is 4.79 Å². The van der Waals surface area contributed by atoms with Crippen molar-refractivity contribution in [2.24, 2.45) is 5.92 Å². The summed E-state index contributed by atoms with van der Waals surface area (Å²) in [6, 6.07) is 9.14. The smallest absolute Gasteiger partial charge is 0.223 e. The SMILES string of the molecule is CC(Cc1ccccc1)C(=O)NC(C=O)CCC=O. The summed E-state index contributed by atoms with van der Waals surface area (Å²) in [7, 11) is 0. The highest BCUT2D eigenvalue weighted by Gasteiger charge is 2.17. The van der Waals surface area contributed by atoms with Gasteiger partial charge in [-0.1, -0.05) is 37.3 Å². The van der Waals surface area contributed by atoms with Crippen LogP contribution in [0.25, 0.3) is 0 Å². The summed E-state index contributed by atoms with van der Waals surface area (Å²) in [6.07, 6.45) is 2.69. The van der Waals surface area contributed by atoms with Crippen molar-refractivity contribution in [1.82, 2.24) is 5.32 Å². The average molecular weight is 261 g/mol. The topological polar surface area (TPSA) is 63.2 Å². The molecule has 1 aromatic rings. The Morgan fingerprint density at radius 2 is 1.95 bits per heavy atom. The molecule has 2 atom stereocenters. The number of hydrogen-bond acceptors (Lipinski definition) is 3. The summed E-state index contributed by atoms with van der Waals surface area (Å²) < 4.78 is 0. The molecule has 19 heavy (non-hydrogen) atoms.